The van der Waals surface area contributed by atoms with Gasteiger partial charge in [-0.2, -0.15) is 0 Å². The Morgan fingerprint density at radius 2 is 2.17 bits per heavy atom. The van der Waals surface area contributed by atoms with E-state index >= 15 is 0 Å². The Morgan fingerprint density at radius 3 is 2.72 bits per heavy atom. The summed E-state index contributed by atoms with van der Waals surface area (Å²) in [6.45, 7) is 0.629. The van der Waals surface area contributed by atoms with E-state index in [2.05, 4.69) is 21.2 Å². The molecule has 98 valence electrons. The number of aliphatic carboxylic acids is 1. The Hall–Kier alpha value is -1.63. The number of non-ortho nitro benzene ring substituents is 1. The van der Waals surface area contributed by atoms with E-state index in [1.807, 2.05) is 0 Å². The number of nitrogens with zero attached hydrogens (tertiary/aromatic N) is 1. The van der Waals surface area contributed by atoms with Crippen molar-refractivity contribution in [1.29, 1.82) is 0 Å². The van der Waals surface area contributed by atoms with Crippen LogP contribution in [-0.2, 0) is 4.79 Å². The van der Waals surface area contributed by atoms with Gasteiger partial charge in [0.05, 0.1) is 4.92 Å². The van der Waals surface area contributed by atoms with Gasteiger partial charge in [-0.25, -0.2) is 0 Å². The van der Waals surface area contributed by atoms with Crippen LogP contribution >= 0.6 is 15.9 Å². The van der Waals surface area contributed by atoms with Crippen LogP contribution in [0.25, 0.3) is 0 Å². The first-order valence-corrected chi connectivity index (χ1v) is 6.19. The van der Waals surface area contributed by atoms with Crippen LogP contribution in [0.2, 0.25) is 0 Å². The molecule has 0 radical (unpaired) electrons. The van der Waals surface area contributed by atoms with Crippen LogP contribution in [0.5, 0.6) is 0 Å². The molecule has 1 aromatic rings. The summed E-state index contributed by atoms with van der Waals surface area (Å²) in [5.41, 5.74) is 0.786. The number of carboxylic acid groups (broad SMARTS) is 1. The maximum atomic E-state index is 10.5. The predicted molar refractivity (Wildman–Crippen MR) is 70.8 cm³/mol. The number of benzene rings is 1. The standard InChI is InChI=1S/C11H13BrN2O4/c12-9-7-8(14(17)18)4-5-10(9)13-6-2-1-3-11(15)16/h4-5,7,13H,1-3,6H2,(H,15,16). The van der Waals surface area contributed by atoms with Crippen molar-refractivity contribution in [2.24, 2.45) is 0 Å². The van der Waals surface area contributed by atoms with E-state index in [1.165, 1.54) is 12.1 Å². The molecule has 0 atom stereocenters. The SMILES string of the molecule is O=C(O)CCCCNc1ccc([N+](=O)[O-])cc1Br. The van der Waals surface area contributed by atoms with Gasteiger partial charge in [0.15, 0.2) is 0 Å². The highest BCUT2D eigenvalue weighted by molar-refractivity contribution is 9.10. The predicted octanol–water partition coefficient (Wildman–Crippen LogP) is 3.02. The summed E-state index contributed by atoms with van der Waals surface area (Å²) >= 11 is 3.25. The second-order valence-electron chi connectivity index (χ2n) is 3.70. The van der Waals surface area contributed by atoms with Crippen molar-refractivity contribution in [3.63, 3.8) is 0 Å². The topological polar surface area (TPSA) is 92.5 Å². The van der Waals surface area contributed by atoms with E-state index in [4.69, 9.17) is 5.11 Å². The zero-order chi connectivity index (χ0) is 13.5. The van der Waals surface area contributed by atoms with Crippen LogP contribution in [0.15, 0.2) is 22.7 Å². The highest BCUT2D eigenvalue weighted by atomic mass is 79.9. The van der Waals surface area contributed by atoms with Gasteiger partial charge in [0.2, 0.25) is 0 Å². The third kappa shape index (κ3) is 4.70. The molecular formula is C11H13BrN2O4. The number of halogens is 1. The Bertz CT molecular complexity index is 451. The average Bonchev–Trinajstić information content (AvgIpc) is 2.29. The Morgan fingerprint density at radius 1 is 1.44 bits per heavy atom. The lowest BCUT2D eigenvalue weighted by Crippen LogP contribution is -2.04. The second-order valence-corrected chi connectivity index (χ2v) is 4.55. The number of hydrogen-bond acceptors (Lipinski definition) is 4. The zero-order valence-corrected chi connectivity index (χ0v) is 11.1. The van der Waals surface area contributed by atoms with E-state index in [1.54, 1.807) is 6.07 Å². The largest absolute Gasteiger partial charge is 0.481 e. The number of carbonyl (C=O) groups is 1. The van der Waals surface area contributed by atoms with Crippen molar-refractivity contribution in [2.75, 3.05) is 11.9 Å². The number of nitro benzene ring substituents is 1. The van der Waals surface area contributed by atoms with Gasteiger partial charge in [-0.15, -0.1) is 0 Å². The highest BCUT2D eigenvalue weighted by Gasteiger charge is 2.08. The van der Waals surface area contributed by atoms with Crippen molar-refractivity contribution in [3.8, 4) is 0 Å². The number of carboxylic acids is 1. The molecule has 0 aromatic heterocycles. The summed E-state index contributed by atoms with van der Waals surface area (Å²) in [5.74, 6) is -0.800. The van der Waals surface area contributed by atoms with Gasteiger partial charge >= 0.3 is 5.97 Å². The lowest BCUT2D eigenvalue weighted by atomic mass is 10.2. The van der Waals surface area contributed by atoms with Crippen molar-refractivity contribution in [3.05, 3.63) is 32.8 Å². The summed E-state index contributed by atoms with van der Waals surface area (Å²) in [6, 6.07) is 4.48. The van der Waals surface area contributed by atoms with Crippen LogP contribution < -0.4 is 5.32 Å². The van der Waals surface area contributed by atoms with E-state index < -0.39 is 10.9 Å². The molecular weight excluding hydrogens is 304 g/mol. The summed E-state index contributed by atoms with van der Waals surface area (Å²) in [7, 11) is 0. The first kappa shape index (κ1) is 14.4. The van der Waals surface area contributed by atoms with Crippen LogP contribution in [0, 0.1) is 10.1 Å². The molecule has 0 spiro atoms. The first-order valence-electron chi connectivity index (χ1n) is 5.40. The molecule has 2 N–H and O–H groups in total. The van der Waals surface area contributed by atoms with E-state index in [9.17, 15) is 14.9 Å². The smallest absolute Gasteiger partial charge is 0.303 e. The van der Waals surface area contributed by atoms with Crippen molar-refractivity contribution in [1.82, 2.24) is 0 Å². The summed E-state index contributed by atoms with van der Waals surface area (Å²) in [4.78, 5) is 20.4. The van der Waals surface area contributed by atoms with Crippen LogP contribution in [0.1, 0.15) is 19.3 Å². The molecule has 0 bridgehead atoms. The van der Waals surface area contributed by atoms with Gasteiger partial charge in [0.25, 0.3) is 5.69 Å². The normalized spacial score (nSPS) is 10.1. The molecule has 0 unspecified atom stereocenters. The zero-order valence-electron chi connectivity index (χ0n) is 9.56. The number of anilines is 1. The van der Waals surface area contributed by atoms with Gasteiger partial charge in [-0.1, -0.05) is 0 Å². The van der Waals surface area contributed by atoms with E-state index in [-0.39, 0.29) is 12.1 Å². The third-order valence-electron chi connectivity index (χ3n) is 2.30. The van der Waals surface area contributed by atoms with Crippen LogP contribution in [0.3, 0.4) is 0 Å². The molecule has 0 aliphatic carbocycles. The number of hydrogen-bond donors (Lipinski definition) is 2. The third-order valence-corrected chi connectivity index (χ3v) is 2.95. The van der Waals surface area contributed by atoms with E-state index in [0.29, 0.717) is 17.4 Å². The molecule has 1 aromatic carbocycles. The minimum atomic E-state index is -0.800. The Labute approximate surface area is 112 Å². The Kier molecular flexibility index (Phi) is 5.57. The molecule has 0 saturated heterocycles. The lowest BCUT2D eigenvalue weighted by Gasteiger charge is -2.07. The number of unbranched alkanes of at least 4 members (excludes halogenated alkanes) is 1. The average molecular weight is 317 g/mol. The van der Waals surface area contributed by atoms with Gasteiger partial charge < -0.3 is 10.4 Å². The number of nitrogens with one attached hydrogen (secondary N) is 1. The summed E-state index contributed by atoms with van der Waals surface area (Å²) in [6.07, 6.45) is 1.49. The Balaban J connectivity index is 2.43. The summed E-state index contributed by atoms with van der Waals surface area (Å²) < 4.78 is 0.620. The van der Waals surface area contributed by atoms with Crippen molar-refractivity contribution >= 4 is 33.3 Å². The van der Waals surface area contributed by atoms with E-state index in [0.717, 1.165) is 12.1 Å². The molecule has 0 heterocycles. The summed E-state index contributed by atoms with van der Waals surface area (Å²) in [5, 5.41) is 22.1. The van der Waals surface area contributed by atoms with Crippen LogP contribution in [0.4, 0.5) is 11.4 Å². The second kappa shape index (κ2) is 6.95. The van der Waals surface area contributed by atoms with Crippen molar-refractivity contribution in [2.45, 2.75) is 19.3 Å². The maximum Gasteiger partial charge on any atom is 0.303 e. The molecule has 0 fully saturated rings. The molecule has 18 heavy (non-hydrogen) atoms. The number of nitro groups is 1. The minimum absolute atomic E-state index is 0.0262. The molecule has 0 amide bonds. The fourth-order valence-corrected chi connectivity index (χ4v) is 1.89. The van der Waals surface area contributed by atoms with Gasteiger partial charge in [-0.05, 0) is 34.8 Å². The highest BCUT2D eigenvalue weighted by Crippen LogP contribution is 2.26. The molecule has 6 nitrogen and oxygen atoms in total. The minimum Gasteiger partial charge on any atom is -0.481 e. The van der Waals surface area contributed by atoms with Gasteiger partial charge in [0, 0.05) is 35.3 Å². The fraction of sp³-hybridized carbons (Fsp3) is 0.364. The molecule has 1 rings (SSSR count). The molecule has 0 aliphatic heterocycles. The fourth-order valence-electron chi connectivity index (χ4n) is 1.39. The van der Waals surface area contributed by atoms with Gasteiger partial charge in [-0.3, -0.25) is 14.9 Å². The van der Waals surface area contributed by atoms with Crippen molar-refractivity contribution < 1.29 is 14.8 Å². The molecule has 7 heteroatoms. The molecule has 0 saturated carbocycles. The quantitative estimate of drug-likeness (QED) is 0.458. The van der Waals surface area contributed by atoms with Gasteiger partial charge in [0.1, 0.15) is 0 Å². The van der Waals surface area contributed by atoms with Crippen LogP contribution in [-0.4, -0.2) is 22.5 Å². The maximum absolute atomic E-state index is 10.5. The lowest BCUT2D eigenvalue weighted by molar-refractivity contribution is -0.384. The molecule has 0 aliphatic rings. The monoisotopic (exact) mass is 316 g/mol. The first-order chi connectivity index (χ1) is 8.50. The number of rotatable bonds is 7.